The molecule has 10 nitrogen and oxygen atoms in total. The second-order valence-corrected chi connectivity index (χ2v) is 8.02. The van der Waals surface area contributed by atoms with E-state index in [1.54, 1.807) is 31.0 Å². The Labute approximate surface area is 199 Å². The standard InChI is InChI=1S/C21H21ClN6O4S/c1-29-7-9-31-18-11-16-17(12-19(18)32-10-8-30-2)23-13-24-20(16)33-21-25-26-27-28(21)15-5-3-14(22)4-6-15/h3-6,11-13H,7-10H2,1-2H3. The Bertz CT molecular complexity index is 1210. The van der Waals surface area contributed by atoms with Gasteiger partial charge in [0.1, 0.15) is 24.6 Å². The highest BCUT2D eigenvalue weighted by atomic mass is 35.5. The Morgan fingerprint density at radius 2 is 1.61 bits per heavy atom. The Hall–Kier alpha value is -2.99. The maximum Gasteiger partial charge on any atom is 0.220 e. The van der Waals surface area contributed by atoms with Crippen molar-refractivity contribution in [2.75, 3.05) is 40.6 Å². The molecule has 0 saturated carbocycles. The van der Waals surface area contributed by atoms with Crippen molar-refractivity contribution >= 4 is 34.3 Å². The van der Waals surface area contributed by atoms with Gasteiger partial charge < -0.3 is 18.9 Å². The number of halogens is 1. The summed E-state index contributed by atoms with van der Waals surface area (Å²) >= 11 is 7.32. The average Bonchev–Trinajstić information content (AvgIpc) is 3.28. The van der Waals surface area contributed by atoms with Gasteiger partial charge >= 0.3 is 0 Å². The van der Waals surface area contributed by atoms with Crippen LogP contribution < -0.4 is 9.47 Å². The van der Waals surface area contributed by atoms with Crippen LogP contribution in [0.5, 0.6) is 11.5 Å². The van der Waals surface area contributed by atoms with Gasteiger partial charge in [0.25, 0.3) is 0 Å². The van der Waals surface area contributed by atoms with Crippen molar-refractivity contribution in [2.45, 2.75) is 10.2 Å². The molecule has 0 aliphatic rings. The molecule has 2 aromatic heterocycles. The van der Waals surface area contributed by atoms with E-state index in [1.807, 2.05) is 24.3 Å². The smallest absolute Gasteiger partial charge is 0.220 e. The maximum absolute atomic E-state index is 6.00. The summed E-state index contributed by atoms with van der Waals surface area (Å²) < 4.78 is 23.5. The molecule has 0 saturated heterocycles. The highest BCUT2D eigenvalue weighted by Gasteiger charge is 2.17. The Balaban J connectivity index is 1.68. The number of methoxy groups -OCH3 is 2. The highest BCUT2D eigenvalue weighted by Crippen LogP contribution is 2.37. The minimum Gasteiger partial charge on any atom is -0.487 e. The lowest BCUT2D eigenvalue weighted by atomic mass is 10.2. The van der Waals surface area contributed by atoms with Gasteiger partial charge in [-0.05, 0) is 52.5 Å². The van der Waals surface area contributed by atoms with E-state index in [1.165, 1.54) is 18.1 Å². The van der Waals surface area contributed by atoms with Crippen LogP contribution in [-0.4, -0.2) is 70.8 Å². The largest absolute Gasteiger partial charge is 0.487 e. The summed E-state index contributed by atoms with van der Waals surface area (Å²) in [5.41, 5.74) is 1.48. The molecular formula is C21H21ClN6O4S. The molecule has 0 aliphatic carbocycles. The summed E-state index contributed by atoms with van der Waals surface area (Å²) in [4.78, 5) is 8.85. The van der Waals surface area contributed by atoms with Crippen LogP contribution in [0.3, 0.4) is 0 Å². The van der Waals surface area contributed by atoms with E-state index in [0.29, 0.717) is 58.6 Å². The molecule has 2 aromatic carbocycles. The third-order valence-electron chi connectivity index (χ3n) is 4.45. The van der Waals surface area contributed by atoms with E-state index >= 15 is 0 Å². The van der Waals surface area contributed by atoms with E-state index in [0.717, 1.165) is 11.1 Å². The van der Waals surface area contributed by atoms with Crippen molar-refractivity contribution in [1.82, 2.24) is 30.2 Å². The summed E-state index contributed by atoms with van der Waals surface area (Å²) in [6, 6.07) is 10.9. The zero-order valence-corrected chi connectivity index (χ0v) is 19.5. The zero-order valence-electron chi connectivity index (χ0n) is 18.0. The van der Waals surface area contributed by atoms with Gasteiger partial charge in [-0.3, -0.25) is 0 Å². The second-order valence-electron chi connectivity index (χ2n) is 6.63. The van der Waals surface area contributed by atoms with Crippen LogP contribution >= 0.6 is 23.4 Å². The Morgan fingerprint density at radius 1 is 0.909 bits per heavy atom. The number of benzene rings is 2. The molecule has 0 radical (unpaired) electrons. The molecule has 4 rings (SSSR count). The van der Waals surface area contributed by atoms with Crippen LogP contribution in [0, 0.1) is 0 Å². The quantitative estimate of drug-likeness (QED) is 0.230. The van der Waals surface area contributed by atoms with Gasteiger partial charge in [-0.2, -0.15) is 4.68 Å². The molecule has 12 heteroatoms. The minimum atomic E-state index is 0.369. The van der Waals surface area contributed by atoms with Crippen LogP contribution in [0.2, 0.25) is 5.02 Å². The molecule has 0 atom stereocenters. The number of fused-ring (bicyclic) bond motifs is 1. The van der Waals surface area contributed by atoms with Crippen molar-refractivity contribution in [3.8, 4) is 17.2 Å². The Kier molecular flexibility index (Phi) is 7.89. The predicted octanol–water partition coefficient (Wildman–Crippen LogP) is 3.46. The fraction of sp³-hybridized carbons (Fsp3) is 0.286. The van der Waals surface area contributed by atoms with Gasteiger partial charge in [0.05, 0.1) is 24.4 Å². The fourth-order valence-corrected chi connectivity index (χ4v) is 3.87. The number of nitrogens with zero attached hydrogens (tertiary/aromatic N) is 6. The van der Waals surface area contributed by atoms with Crippen molar-refractivity contribution in [2.24, 2.45) is 0 Å². The van der Waals surface area contributed by atoms with Gasteiger partial charge in [0.2, 0.25) is 5.16 Å². The van der Waals surface area contributed by atoms with Crippen molar-refractivity contribution in [1.29, 1.82) is 0 Å². The van der Waals surface area contributed by atoms with E-state index in [9.17, 15) is 0 Å². The second kappa shape index (κ2) is 11.2. The first-order valence-corrected chi connectivity index (χ1v) is 11.1. The summed E-state index contributed by atoms with van der Waals surface area (Å²) in [6.45, 7) is 1.64. The first-order chi connectivity index (χ1) is 16.2. The molecule has 33 heavy (non-hydrogen) atoms. The van der Waals surface area contributed by atoms with Crippen LogP contribution in [-0.2, 0) is 9.47 Å². The van der Waals surface area contributed by atoms with Gasteiger partial charge in [-0.25, -0.2) is 9.97 Å². The van der Waals surface area contributed by atoms with Gasteiger partial charge in [0, 0.05) is 30.7 Å². The molecule has 0 bridgehead atoms. The number of hydrogen-bond donors (Lipinski definition) is 0. The van der Waals surface area contributed by atoms with E-state index < -0.39 is 0 Å². The summed E-state index contributed by atoms with van der Waals surface area (Å²) in [5.74, 6) is 1.13. The topological polar surface area (TPSA) is 106 Å². The van der Waals surface area contributed by atoms with Crippen LogP contribution in [0.25, 0.3) is 16.6 Å². The van der Waals surface area contributed by atoms with E-state index in [-0.39, 0.29) is 0 Å². The predicted molar refractivity (Wildman–Crippen MR) is 123 cm³/mol. The van der Waals surface area contributed by atoms with Crippen LogP contribution in [0.15, 0.2) is 52.9 Å². The lowest BCUT2D eigenvalue weighted by molar-refractivity contribution is 0.132. The molecule has 0 amide bonds. The number of rotatable bonds is 11. The molecular weight excluding hydrogens is 468 g/mol. The van der Waals surface area contributed by atoms with Crippen molar-refractivity contribution in [3.63, 3.8) is 0 Å². The lowest BCUT2D eigenvalue weighted by Crippen LogP contribution is -2.09. The first-order valence-electron chi connectivity index (χ1n) is 9.94. The maximum atomic E-state index is 6.00. The zero-order chi connectivity index (χ0) is 23.0. The molecule has 4 aromatic rings. The SMILES string of the molecule is COCCOc1cc2ncnc(Sc3nnnn3-c3ccc(Cl)cc3)c2cc1OCCOC. The third-order valence-corrected chi connectivity index (χ3v) is 5.66. The number of hydrogen-bond acceptors (Lipinski definition) is 10. The number of ether oxygens (including phenoxy) is 4. The fourth-order valence-electron chi connectivity index (χ4n) is 2.89. The highest BCUT2D eigenvalue weighted by molar-refractivity contribution is 7.99. The molecule has 0 aliphatic heterocycles. The molecule has 0 N–H and O–H groups in total. The molecule has 0 fully saturated rings. The lowest BCUT2D eigenvalue weighted by Gasteiger charge is -2.14. The number of tetrazole rings is 1. The van der Waals surface area contributed by atoms with Crippen molar-refractivity contribution in [3.05, 3.63) is 47.7 Å². The van der Waals surface area contributed by atoms with Gasteiger partial charge in [-0.15, -0.1) is 5.10 Å². The van der Waals surface area contributed by atoms with Gasteiger partial charge in [0.15, 0.2) is 11.5 Å². The first kappa shape index (κ1) is 23.2. The summed E-state index contributed by atoms with van der Waals surface area (Å²) in [5, 5.41) is 14.7. The van der Waals surface area contributed by atoms with E-state index in [2.05, 4.69) is 25.5 Å². The molecule has 2 heterocycles. The molecule has 172 valence electrons. The molecule has 0 unspecified atom stereocenters. The van der Waals surface area contributed by atoms with Crippen LogP contribution in [0.1, 0.15) is 0 Å². The summed E-state index contributed by atoms with van der Waals surface area (Å²) in [6.07, 6.45) is 1.49. The Morgan fingerprint density at radius 3 is 2.30 bits per heavy atom. The average molecular weight is 489 g/mol. The van der Waals surface area contributed by atoms with Crippen LogP contribution in [0.4, 0.5) is 0 Å². The molecule has 0 spiro atoms. The van der Waals surface area contributed by atoms with Gasteiger partial charge in [-0.1, -0.05) is 11.6 Å². The minimum absolute atomic E-state index is 0.369. The third kappa shape index (κ3) is 5.69. The monoisotopic (exact) mass is 488 g/mol. The summed E-state index contributed by atoms with van der Waals surface area (Å²) in [7, 11) is 3.24. The number of aromatic nitrogens is 6. The van der Waals surface area contributed by atoms with Crippen molar-refractivity contribution < 1.29 is 18.9 Å². The normalized spacial score (nSPS) is 11.1. The van der Waals surface area contributed by atoms with E-state index in [4.69, 9.17) is 30.5 Å².